The van der Waals surface area contributed by atoms with E-state index in [-0.39, 0.29) is 23.5 Å². The van der Waals surface area contributed by atoms with Crippen LogP contribution in [0.5, 0.6) is 11.6 Å². The van der Waals surface area contributed by atoms with Crippen LogP contribution in [0.25, 0.3) is 0 Å². The number of ether oxygens (including phenoxy) is 1. The summed E-state index contributed by atoms with van der Waals surface area (Å²) in [4.78, 5) is 15.8. The summed E-state index contributed by atoms with van der Waals surface area (Å²) in [7, 11) is 0. The van der Waals surface area contributed by atoms with E-state index in [2.05, 4.69) is 16.4 Å². The van der Waals surface area contributed by atoms with Gasteiger partial charge in [-0.2, -0.15) is 10.2 Å². The summed E-state index contributed by atoms with van der Waals surface area (Å²) in [6.07, 6.45) is 0. The lowest BCUT2D eigenvalue weighted by molar-refractivity contribution is -0.117. The molecule has 1 aromatic heterocycles. The zero-order chi connectivity index (χ0) is 18.6. The molecule has 0 saturated heterocycles. The van der Waals surface area contributed by atoms with Gasteiger partial charge in [0.25, 0.3) is 0 Å². The first-order valence-electron chi connectivity index (χ1n) is 7.86. The third-order valence-corrected chi connectivity index (χ3v) is 3.56. The van der Waals surface area contributed by atoms with E-state index >= 15 is 0 Å². The molecular weight excluding hydrogens is 318 g/mol. The Morgan fingerprint density at radius 3 is 2.56 bits per heavy atom. The zero-order valence-electron chi connectivity index (χ0n) is 14.4. The molecule has 25 heavy (non-hydrogen) atoms. The van der Waals surface area contributed by atoms with Gasteiger partial charge < -0.3 is 21.5 Å². The molecule has 0 unspecified atom stereocenters. The van der Waals surface area contributed by atoms with Gasteiger partial charge in [0.05, 0.1) is 23.4 Å². The molecule has 130 valence electrons. The molecule has 0 spiro atoms. The largest absolute Gasteiger partial charge is 0.439 e. The smallest absolute Gasteiger partial charge is 0.241 e. The minimum atomic E-state index is -0.650. The van der Waals surface area contributed by atoms with E-state index in [9.17, 15) is 4.79 Å². The lowest BCUT2D eigenvalue weighted by Gasteiger charge is -2.13. The van der Waals surface area contributed by atoms with Crippen LogP contribution in [0.4, 0.5) is 11.5 Å². The fourth-order valence-electron chi connectivity index (χ4n) is 2.17. The van der Waals surface area contributed by atoms with Gasteiger partial charge in [-0.3, -0.25) is 4.79 Å². The van der Waals surface area contributed by atoms with Crippen molar-refractivity contribution >= 4 is 17.4 Å². The van der Waals surface area contributed by atoms with Crippen LogP contribution in [0, 0.1) is 11.3 Å². The number of aromatic nitrogens is 1. The summed E-state index contributed by atoms with van der Waals surface area (Å²) >= 11 is 0. The number of hydrogen-bond acceptors (Lipinski definition) is 6. The Bertz CT molecular complexity index is 825. The highest BCUT2D eigenvalue weighted by Crippen LogP contribution is 2.28. The maximum absolute atomic E-state index is 11.6. The first-order valence-corrected chi connectivity index (χ1v) is 7.86. The minimum absolute atomic E-state index is 0.129. The SMILES string of the molecule is CC(C)c1cc(Oc2ccc(NC(=O)[C@@H](C)N)c(N)n2)ccc1C#N. The van der Waals surface area contributed by atoms with Crippen molar-refractivity contribution in [2.75, 3.05) is 11.1 Å². The number of nitrogens with one attached hydrogen (secondary N) is 1. The molecule has 0 aliphatic carbocycles. The van der Waals surface area contributed by atoms with Crippen molar-refractivity contribution in [3.05, 3.63) is 41.5 Å². The first-order chi connectivity index (χ1) is 11.8. The molecule has 7 nitrogen and oxygen atoms in total. The molecule has 0 saturated carbocycles. The predicted molar refractivity (Wildman–Crippen MR) is 96.2 cm³/mol. The molecule has 0 bridgehead atoms. The van der Waals surface area contributed by atoms with Crippen LogP contribution in [0.3, 0.4) is 0 Å². The van der Waals surface area contributed by atoms with Gasteiger partial charge in [0.1, 0.15) is 5.75 Å². The molecule has 1 heterocycles. The summed E-state index contributed by atoms with van der Waals surface area (Å²) in [6, 6.07) is 9.95. The van der Waals surface area contributed by atoms with Crippen LogP contribution < -0.4 is 21.5 Å². The number of hydrogen-bond donors (Lipinski definition) is 3. The number of pyridine rings is 1. The second-order valence-electron chi connectivity index (χ2n) is 5.98. The van der Waals surface area contributed by atoms with Crippen molar-refractivity contribution < 1.29 is 9.53 Å². The van der Waals surface area contributed by atoms with Gasteiger partial charge in [0, 0.05) is 6.07 Å². The quantitative estimate of drug-likeness (QED) is 0.768. The van der Waals surface area contributed by atoms with Crippen LogP contribution in [0.2, 0.25) is 0 Å². The number of amides is 1. The summed E-state index contributed by atoms with van der Waals surface area (Å²) in [5.41, 5.74) is 13.2. The van der Waals surface area contributed by atoms with Gasteiger partial charge in [0.15, 0.2) is 5.82 Å². The molecule has 1 atom stereocenters. The van der Waals surface area contributed by atoms with Gasteiger partial charge in [-0.05, 0) is 42.7 Å². The molecule has 0 radical (unpaired) electrons. The maximum atomic E-state index is 11.6. The van der Waals surface area contributed by atoms with Gasteiger partial charge in [0.2, 0.25) is 11.8 Å². The summed E-state index contributed by atoms with van der Waals surface area (Å²) in [5, 5.41) is 11.8. The van der Waals surface area contributed by atoms with E-state index in [0.29, 0.717) is 17.0 Å². The van der Waals surface area contributed by atoms with Crippen molar-refractivity contribution in [2.45, 2.75) is 32.7 Å². The Hall–Kier alpha value is -3.11. The highest BCUT2D eigenvalue weighted by molar-refractivity contribution is 5.96. The second-order valence-corrected chi connectivity index (χ2v) is 5.98. The van der Waals surface area contributed by atoms with Crippen LogP contribution in [-0.2, 0) is 4.79 Å². The number of benzene rings is 1. The summed E-state index contributed by atoms with van der Waals surface area (Å²) in [6.45, 7) is 5.59. The molecule has 0 aliphatic rings. The van der Waals surface area contributed by atoms with Gasteiger partial charge in [-0.1, -0.05) is 13.8 Å². The van der Waals surface area contributed by atoms with E-state index in [1.54, 1.807) is 31.2 Å². The van der Waals surface area contributed by atoms with Gasteiger partial charge in [-0.15, -0.1) is 0 Å². The lowest BCUT2D eigenvalue weighted by atomic mass is 9.98. The van der Waals surface area contributed by atoms with Crippen molar-refractivity contribution in [3.8, 4) is 17.7 Å². The number of nitrogens with zero attached hydrogens (tertiary/aromatic N) is 2. The number of carbonyl (C=O) groups excluding carboxylic acids is 1. The number of rotatable bonds is 5. The molecule has 0 aliphatic heterocycles. The van der Waals surface area contributed by atoms with E-state index in [4.69, 9.17) is 21.5 Å². The van der Waals surface area contributed by atoms with E-state index < -0.39 is 6.04 Å². The highest BCUT2D eigenvalue weighted by atomic mass is 16.5. The average molecular weight is 339 g/mol. The zero-order valence-corrected chi connectivity index (χ0v) is 14.4. The molecule has 1 amide bonds. The van der Waals surface area contributed by atoms with Gasteiger partial charge in [-0.25, -0.2) is 0 Å². The monoisotopic (exact) mass is 339 g/mol. The topological polar surface area (TPSA) is 127 Å². The molecule has 0 fully saturated rings. The third-order valence-electron chi connectivity index (χ3n) is 3.56. The lowest BCUT2D eigenvalue weighted by Crippen LogP contribution is -2.32. The highest BCUT2D eigenvalue weighted by Gasteiger charge is 2.12. The first kappa shape index (κ1) is 18.2. The molecule has 7 heteroatoms. The van der Waals surface area contributed by atoms with Crippen molar-refractivity contribution in [1.82, 2.24) is 4.98 Å². The van der Waals surface area contributed by atoms with Crippen LogP contribution in [0.1, 0.15) is 37.8 Å². The molecular formula is C18H21N5O2. The standard InChI is InChI=1S/C18H21N5O2/c1-10(2)14-8-13(5-4-12(14)9-19)25-16-7-6-15(17(21)23-16)22-18(24)11(3)20/h4-8,10-11H,20H2,1-3H3,(H2,21,23)(H,22,24)/t11-/m1/s1. The number of nitriles is 1. The van der Waals surface area contributed by atoms with Crippen molar-refractivity contribution in [2.24, 2.45) is 5.73 Å². The van der Waals surface area contributed by atoms with E-state index in [1.807, 2.05) is 19.9 Å². The number of nitrogen functional groups attached to an aromatic ring is 1. The van der Waals surface area contributed by atoms with Crippen LogP contribution in [0.15, 0.2) is 30.3 Å². The molecule has 2 rings (SSSR count). The van der Waals surface area contributed by atoms with E-state index in [1.165, 1.54) is 0 Å². The number of nitrogens with two attached hydrogens (primary N) is 2. The Morgan fingerprint density at radius 1 is 1.28 bits per heavy atom. The Kier molecular flexibility index (Phi) is 5.57. The summed E-state index contributed by atoms with van der Waals surface area (Å²) < 4.78 is 5.72. The summed E-state index contributed by atoms with van der Waals surface area (Å²) in [5.74, 6) is 0.810. The minimum Gasteiger partial charge on any atom is -0.439 e. The van der Waals surface area contributed by atoms with Gasteiger partial charge >= 0.3 is 0 Å². The normalized spacial score (nSPS) is 11.7. The third kappa shape index (κ3) is 4.46. The Labute approximate surface area is 146 Å². The van der Waals surface area contributed by atoms with Crippen molar-refractivity contribution in [3.63, 3.8) is 0 Å². The predicted octanol–water partition coefficient (Wildman–Crippen LogP) is 2.74. The fraction of sp³-hybridized carbons (Fsp3) is 0.278. The fourth-order valence-corrected chi connectivity index (χ4v) is 2.17. The van der Waals surface area contributed by atoms with Crippen molar-refractivity contribution in [1.29, 1.82) is 5.26 Å². The van der Waals surface area contributed by atoms with E-state index in [0.717, 1.165) is 5.56 Å². The molecule has 1 aromatic carbocycles. The van der Waals surface area contributed by atoms with Crippen LogP contribution in [-0.4, -0.2) is 16.9 Å². The average Bonchev–Trinajstić information content (AvgIpc) is 2.57. The number of anilines is 2. The maximum Gasteiger partial charge on any atom is 0.241 e. The second kappa shape index (κ2) is 7.64. The van der Waals surface area contributed by atoms with Crippen LogP contribution >= 0.6 is 0 Å². The molecule has 5 N–H and O–H groups in total. The molecule has 2 aromatic rings. The Balaban J connectivity index is 2.21. The number of carbonyl (C=O) groups is 1. The Morgan fingerprint density at radius 2 is 2.00 bits per heavy atom.